The number of hydrogen-bond acceptors (Lipinski definition) is 6. The predicted octanol–water partition coefficient (Wildman–Crippen LogP) is 5.57. The van der Waals surface area contributed by atoms with Crippen LogP contribution in [0.1, 0.15) is 37.6 Å². The molecule has 1 N–H and O–H groups in total. The van der Waals surface area contributed by atoms with Crippen molar-refractivity contribution in [1.82, 2.24) is 9.97 Å². The van der Waals surface area contributed by atoms with Crippen molar-refractivity contribution in [3.05, 3.63) is 75.4 Å². The summed E-state index contributed by atoms with van der Waals surface area (Å²) in [5.74, 6) is 1.24. The lowest BCUT2D eigenvalue weighted by Crippen LogP contribution is -2.26. The van der Waals surface area contributed by atoms with Gasteiger partial charge in [-0.1, -0.05) is 39.0 Å². The van der Waals surface area contributed by atoms with Gasteiger partial charge in [-0.25, -0.2) is 4.98 Å². The topological polar surface area (TPSA) is 89.1 Å². The van der Waals surface area contributed by atoms with Crippen molar-refractivity contribution in [2.24, 2.45) is 11.3 Å². The van der Waals surface area contributed by atoms with Crippen molar-refractivity contribution < 1.29 is 12.6 Å². The highest BCUT2D eigenvalue weighted by molar-refractivity contribution is 7.87. The highest BCUT2D eigenvalue weighted by Gasteiger charge is 2.31. The molecule has 0 bridgehead atoms. The SMILES string of the molecule is CC(C)(C)[C@@H]1CCc2c(sc3nc(-c4ccc(OS(=O)(=O)c5ccccc5)cc4)[nH]c(=O)c23)C1. The van der Waals surface area contributed by atoms with E-state index in [1.807, 2.05) is 0 Å². The highest BCUT2D eigenvalue weighted by Crippen LogP contribution is 2.42. The van der Waals surface area contributed by atoms with E-state index >= 15 is 0 Å². The minimum atomic E-state index is -3.92. The number of H-pyrrole nitrogens is 1. The van der Waals surface area contributed by atoms with Crippen molar-refractivity contribution in [2.75, 3.05) is 0 Å². The summed E-state index contributed by atoms with van der Waals surface area (Å²) in [6.07, 6.45) is 2.97. The minimum Gasteiger partial charge on any atom is -0.379 e. The molecule has 0 saturated carbocycles. The number of benzene rings is 2. The Morgan fingerprint density at radius 2 is 1.76 bits per heavy atom. The first-order valence-electron chi connectivity index (χ1n) is 11.3. The van der Waals surface area contributed by atoms with Crippen molar-refractivity contribution in [3.8, 4) is 17.1 Å². The molecular weight excluding hydrogens is 468 g/mol. The summed E-state index contributed by atoms with van der Waals surface area (Å²) in [6.45, 7) is 6.83. The molecule has 0 spiro atoms. The third-order valence-corrected chi connectivity index (χ3v) is 8.92. The van der Waals surface area contributed by atoms with Crippen molar-refractivity contribution in [3.63, 3.8) is 0 Å². The van der Waals surface area contributed by atoms with E-state index < -0.39 is 10.1 Å². The second kappa shape index (κ2) is 8.36. The van der Waals surface area contributed by atoms with Crippen molar-refractivity contribution in [2.45, 2.75) is 44.9 Å². The van der Waals surface area contributed by atoms with Crippen LogP contribution in [0.25, 0.3) is 21.6 Å². The second-order valence-electron chi connectivity index (χ2n) is 9.78. The number of thiophene rings is 1. The van der Waals surface area contributed by atoms with E-state index in [1.165, 1.54) is 17.0 Å². The standard InChI is InChI=1S/C26H26N2O4S2/c1-26(2,3)17-11-14-20-21(15-17)33-25-22(20)24(29)27-23(28-25)16-9-12-18(13-10-16)32-34(30,31)19-7-5-4-6-8-19/h4-10,12-13,17H,11,14-15H2,1-3H3,(H,27,28,29)/t17-/m1/s1. The fourth-order valence-electron chi connectivity index (χ4n) is 4.49. The van der Waals surface area contributed by atoms with Crippen LogP contribution in [0.3, 0.4) is 0 Å². The van der Waals surface area contributed by atoms with Crippen LogP contribution in [0.2, 0.25) is 0 Å². The molecule has 176 valence electrons. The van der Waals surface area contributed by atoms with Gasteiger partial charge in [-0.3, -0.25) is 4.79 Å². The molecule has 0 aliphatic heterocycles. The van der Waals surface area contributed by atoms with Gasteiger partial charge in [0.1, 0.15) is 21.3 Å². The molecule has 8 heteroatoms. The highest BCUT2D eigenvalue weighted by atomic mass is 32.2. The average Bonchev–Trinajstić information content (AvgIpc) is 3.17. The molecule has 0 amide bonds. The van der Waals surface area contributed by atoms with E-state index in [4.69, 9.17) is 9.17 Å². The van der Waals surface area contributed by atoms with Gasteiger partial charge in [0.25, 0.3) is 5.56 Å². The zero-order valence-corrected chi connectivity index (χ0v) is 20.9. The summed E-state index contributed by atoms with van der Waals surface area (Å²) in [5.41, 5.74) is 1.94. The zero-order valence-electron chi connectivity index (χ0n) is 19.3. The van der Waals surface area contributed by atoms with Crippen LogP contribution >= 0.6 is 11.3 Å². The zero-order chi connectivity index (χ0) is 24.1. The third kappa shape index (κ3) is 4.28. The Hall–Kier alpha value is -2.97. The van der Waals surface area contributed by atoms with Gasteiger partial charge in [-0.2, -0.15) is 8.42 Å². The monoisotopic (exact) mass is 494 g/mol. The molecule has 6 nitrogen and oxygen atoms in total. The molecule has 2 aromatic carbocycles. The fourth-order valence-corrected chi connectivity index (χ4v) is 6.74. The Bertz CT molecular complexity index is 1510. The smallest absolute Gasteiger partial charge is 0.339 e. The molecule has 4 aromatic rings. The largest absolute Gasteiger partial charge is 0.379 e. The molecule has 1 aliphatic rings. The molecular formula is C26H26N2O4S2. The first-order chi connectivity index (χ1) is 16.1. The molecule has 1 atom stereocenters. The van der Waals surface area contributed by atoms with Gasteiger partial charge >= 0.3 is 10.1 Å². The molecule has 0 fully saturated rings. The first-order valence-corrected chi connectivity index (χ1v) is 13.5. The quantitative estimate of drug-likeness (QED) is 0.375. The van der Waals surface area contributed by atoms with Gasteiger partial charge in [0.2, 0.25) is 0 Å². The summed E-state index contributed by atoms with van der Waals surface area (Å²) >= 11 is 1.62. The lowest BCUT2D eigenvalue weighted by atomic mass is 9.72. The van der Waals surface area contributed by atoms with Crippen LogP contribution in [0.5, 0.6) is 5.75 Å². The van der Waals surface area contributed by atoms with Gasteiger partial charge in [0.05, 0.1) is 5.39 Å². The molecule has 2 aromatic heterocycles. The number of aromatic amines is 1. The van der Waals surface area contributed by atoms with Crippen LogP contribution in [0.15, 0.2) is 64.3 Å². The first kappa shape index (κ1) is 22.8. The summed E-state index contributed by atoms with van der Waals surface area (Å²) in [7, 11) is -3.92. The number of nitrogens with one attached hydrogen (secondary N) is 1. The number of aryl methyl sites for hydroxylation is 1. The lowest BCUT2D eigenvalue weighted by molar-refractivity contribution is 0.218. The Morgan fingerprint density at radius 3 is 2.44 bits per heavy atom. The van der Waals surface area contributed by atoms with Crippen LogP contribution < -0.4 is 9.74 Å². The number of aromatic nitrogens is 2. The normalized spacial score (nSPS) is 16.4. The number of nitrogens with zero attached hydrogens (tertiary/aromatic N) is 1. The van der Waals surface area contributed by atoms with Gasteiger partial charge in [0, 0.05) is 10.4 Å². The van der Waals surface area contributed by atoms with Crippen LogP contribution in [-0.4, -0.2) is 18.4 Å². The molecule has 0 saturated heterocycles. The second-order valence-corrected chi connectivity index (χ2v) is 12.4. The summed E-state index contributed by atoms with van der Waals surface area (Å²) in [5, 5.41) is 0.713. The third-order valence-electron chi connectivity index (χ3n) is 6.51. The maximum Gasteiger partial charge on any atom is 0.339 e. The molecule has 0 unspecified atom stereocenters. The molecule has 2 heterocycles. The predicted molar refractivity (Wildman–Crippen MR) is 135 cm³/mol. The van der Waals surface area contributed by atoms with Gasteiger partial charge < -0.3 is 9.17 Å². The van der Waals surface area contributed by atoms with E-state index in [9.17, 15) is 13.2 Å². The van der Waals surface area contributed by atoms with Crippen LogP contribution in [0, 0.1) is 11.3 Å². The van der Waals surface area contributed by atoms with E-state index in [-0.39, 0.29) is 21.6 Å². The lowest BCUT2D eigenvalue weighted by Gasteiger charge is -2.33. The molecule has 5 rings (SSSR count). The average molecular weight is 495 g/mol. The molecule has 0 radical (unpaired) electrons. The van der Waals surface area contributed by atoms with Gasteiger partial charge in [-0.15, -0.1) is 11.3 Å². The van der Waals surface area contributed by atoms with Gasteiger partial charge in [0.15, 0.2) is 0 Å². The van der Waals surface area contributed by atoms with E-state index in [0.29, 0.717) is 22.7 Å². The van der Waals surface area contributed by atoms with E-state index in [0.717, 1.165) is 29.7 Å². The summed E-state index contributed by atoms with van der Waals surface area (Å²) in [4.78, 5) is 22.8. The summed E-state index contributed by atoms with van der Waals surface area (Å²) in [6, 6.07) is 14.5. The maximum atomic E-state index is 13.0. The molecule has 1 aliphatic carbocycles. The molecule has 34 heavy (non-hydrogen) atoms. The Kier molecular flexibility index (Phi) is 5.61. The van der Waals surface area contributed by atoms with E-state index in [2.05, 4.69) is 25.8 Å². The van der Waals surface area contributed by atoms with Crippen LogP contribution in [-0.2, 0) is 23.0 Å². The number of rotatable bonds is 4. The maximum absolute atomic E-state index is 13.0. The Morgan fingerprint density at radius 1 is 1.06 bits per heavy atom. The van der Waals surface area contributed by atoms with Crippen molar-refractivity contribution >= 4 is 31.7 Å². The summed E-state index contributed by atoms with van der Waals surface area (Å²) < 4.78 is 30.1. The number of fused-ring (bicyclic) bond motifs is 3. The van der Waals surface area contributed by atoms with Gasteiger partial charge in [-0.05, 0) is 72.6 Å². The minimum absolute atomic E-state index is 0.0888. The van der Waals surface area contributed by atoms with Crippen molar-refractivity contribution in [1.29, 1.82) is 0 Å². The van der Waals surface area contributed by atoms with E-state index in [1.54, 1.807) is 53.8 Å². The number of hydrogen-bond donors (Lipinski definition) is 1. The Balaban J connectivity index is 1.43. The fraction of sp³-hybridized carbons (Fsp3) is 0.308. The Labute approximate surface area is 202 Å². The van der Waals surface area contributed by atoms with Crippen LogP contribution in [0.4, 0.5) is 0 Å².